The van der Waals surface area contributed by atoms with Gasteiger partial charge in [0.15, 0.2) is 0 Å². The molecule has 5 nitrogen and oxygen atoms in total. The van der Waals surface area contributed by atoms with Crippen molar-refractivity contribution in [1.82, 2.24) is 15.1 Å². The van der Waals surface area contributed by atoms with Gasteiger partial charge in [-0.05, 0) is 32.4 Å². The number of ether oxygens (including phenoxy) is 1. The number of aromatic nitrogens is 2. The van der Waals surface area contributed by atoms with Gasteiger partial charge in [0, 0.05) is 17.2 Å². The molecule has 0 saturated carbocycles. The second-order valence-electron chi connectivity index (χ2n) is 5.84. The molecule has 1 aromatic carbocycles. The first-order valence-corrected chi connectivity index (χ1v) is 7.66. The van der Waals surface area contributed by atoms with Gasteiger partial charge in [0.2, 0.25) is 5.91 Å². The van der Waals surface area contributed by atoms with Crippen LogP contribution in [0.25, 0.3) is 11.3 Å². The van der Waals surface area contributed by atoms with Crippen molar-refractivity contribution < 1.29 is 9.53 Å². The molecule has 0 radical (unpaired) electrons. The molecular weight excluding hydrogens is 278 g/mol. The lowest BCUT2D eigenvalue weighted by Crippen LogP contribution is -2.35. The zero-order chi connectivity index (χ0) is 15.7. The Morgan fingerprint density at radius 3 is 3.09 bits per heavy atom. The number of hydrogen-bond acceptors (Lipinski definition) is 3. The van der Waals surface area contributed by atoms with Crippen molar-refractivity contribution in [2.45, 2.75) is 46.4 Å². The smallest absolute Gasteiger partial charge is 0.241 e. The van der Waals surface area contributed by atoms with E-state index in [2.05, 4.69) is 23.4 Å². The molecular formula is C17H21N3O2. The fourth-order valence-electron chi connectivity index (χ4n) is 2.63. The number of rotatable bonds is 4. The maximum absolute atomic E-state index is 12.1. The average molecular weight is 299 g/mol. The lowest BCUT2D eigenvalue weighted by Gasteiger charge is -2.20. The fourth-order valence-corrected chi connectivity index (χ4v) is 2.63. The molecule has 1 N–H and O–H groups in total. The van der Waals surface area contributed by atoms with Crippen molar-refractivity contribution in [3.05, 3.63) is 35.5 Å². The third-order valence-corrected chi connectivity index (χ3v) is 4.00. The third kappa shape index (κ3) is 2.71. The van der Waals surface area contributed by atoms with E-state index >= 15 is 0 Å². The molecule has 0 saturated heterocycles. The van der Waals surface area contributed by atoms with Crippen LogP contribution >= 0.6 is 0 Å². The van der Waals surface area contributed by atoms with Crippen LogP contribution in [0.4, 0.5) is 0 Å². The minimum Gasteiger partial charge on any atom is -0.488 e. The molecule has 0 fully saturated rings. The predicted octanol–water partition coefficient (Wildman–Crippen LogP) is 2.67. The summed E-state index contributed by atoms with van der Waals surface area (Å²) in [4.78, 5) is 12.1. The maximum atomic E-state index is 12.1. The molecule has 0 bridgehead atoms. The Morgan fingerprint density at radius 2 is 2.32 bits per heavy atom. The van der Waals surface area contributed by atoms with Gasteiger partial charge in [0.25, 0.3) is 0 Å². The van der Waals surface area contributed by atoms with E-state index in [4.69, 9.17) is 4.74 Å². The molecule has 0 unspecified atom stereocenters. The van der Waals surface area contributed by atoms with E-state index in [1.165, 1.54) is 0 Å². The van der Waals surface area contributed by atoms with Gasteiger partial charge in [-0.3, -0.25) is 9.48 Å². The molecule has 0 aliphatic carbocycles. The first kappa shape index (κ1) is 14.6. The van der Waals surface area contributed by atoms with Crippen molar-refractivity contribution in [3.63, 3.8) is 0 Å². The number of carbonyl (C=O) groups excluding carboxylic acids is 1. The van der Waals surface area contributed by atoms with Crippen LogP contribution in [0.1, 0.15) is 31.4 Å². The first-order chi connectivity index (χ1) is 10.6. The van der Waals surface area contributed by atoms with Gasteiger partial charge in [-0.25, -0.2) is 0 Å². The van der Waals surface area contributed by atoms with Crippen LogP contribution in [0.2, 0.25) is 0 Å². The third-order valence-electron chi connectivity index (χ3n) is 4.00. The fraction of sp³-hybridized carbons (Fsp3) is 0.412. The highest BCUT2D eigenvalue weighted by Crippen LogP contribution is 2.37. The van der Waals surface area contributed by atoms with Crippen molar-refractivity contribution in [2.24, 2.45) is 0 Å². The molecule has 2 heterocycles. The topological polar surface area (TPSA) is 56.2 Å². The van der Waals surface area contributed by atoms with E-state index in [1.807, 2.05) is 26.0 Å². The van der Waals surface area contributed by atoms with Crippen LogP contribution in [0, 0.1) is 6.92 Å². The summed E-state index contributed by atoms with van der Waals surface area (Å²) in [6.45, 7) is 6.83. The first-order valence-electron chi connectivity index (χ1n) is 7.66. The van der Waals surface area contributed by atoms with Gasteiger partial charge in [-0.2, -0.15) is 5.10 Å². The quantitative estimate of drug-likeness (QED) is 0.944. The highest BCUT2D eigenvalue weighted by Gasteiger charge is 2.23. The number of benzene rings is 1. The number of nitrogens with zero attached hydrogens (tertiary/aromatic N) is 2. The van der Waals surface area contributed by atoms with Gasteiger partial charge in [0.05, 0.1) is 11.9 Å². The van der Waals surface area contributed by atoms with Crippen LogP contribution in [-0.2, 0) is 17.9 Å². The summed E-state index contributed by atoms with van der Waals surface area (Å²) in [5.74, 6) is 0.836. The van der Waals surface area contributed by atoms with Gasteiger partial charge < -0.3 is 10.1 Å². The molecule has 116 valence electrons. The Balaban J connectivity index is 1.91. The van der Waals surface area contributed by atoms with Crippen LogP contribution in [0.5, 0.6) is 5.75 Å². The summed E-state index contributed by atoms with van der Waals surface area (Å²) >= 11 is 0. The zero-order valence-electron chi connectivity index (χ0n) is 13.2. The van der Waals surface area contributed by atoms with Crippen LogP contribution < -0.4 is 10.1 Å². The number of carbonyl (C=O) groups is 1. The summed E-state index contributed by atoms with van der Waals surface area (Å²) in [6, 6.07) is 6.26. The van der Waals surface area contributed by atoms with E-state index in [0.29, 0.717) is 6.61 Å². The second-order valence-corrected chi connectivity index (χ2v) is 5.84. The molecule has 5 heteroatoms. The number of fused-ring (bicyclic) bond motifs is 3. The van der Waals surface area contributed by atoms with Crippen molar-refractivity contribution >= 4 is 5.91 Å². The molecule has 1 amide bonds. The Morgan fingerprint density at radius 1 is 1.50 bits per heavy atom. The van der Waals surface area contributed by atoms with E-state index in [-0.39, 0.29) is 18.5 Å². The minimum absolute atomic E-state index is 0.0130. The molecule has 1 aliphatic rings. The number of nitrogens with one attached hydrogen (secondary N) is 1. The van der Waals surface area contributed by atoms with Gasteiger partial charge in [0.1, 0.15) is 18.9 Å². The summed E-state index contributed by atoms with van der Waals surface area (Å²) in [5, 5.41) is 7.35. The van der Waals surface area contributed by atoms with Crippen molar-refractivity contribution in [3.8, 4) is 17.0 Å². The van der Waals surface area contributed by atoms with Crippen LogP contribution in [0.15, 0.2) is 24.4 Å². The Kier molecular flexibility index (Phi) is 3.88. The molecule has 1 atom stereocenters. The van der Waals surface area contributed by atoms with E-state index in [0.717, 1.165) is 34.6 Å². The number of amides is 1. The Bertz CT molecular complexity index is 706. The molecule has 0 spiro atoms. The Hall–Kier alpha value is -2.30. The van der Waals surface area contributed by atoms with Crippen LogP contribution in [0.3, 0.4) is 0 Å². The monoisotopic (exact) mass is 299 g/mol. The van der Waals surface area contributed by atoms with Crippen molar-refractivity contribution in [1.29, 1.82) is 0 Å². The average Bonchev–Trinajstić information content (AvgIpc) is 2.90. The van der Waals surface area contributed by atoms with E-state index < -0.39 is 0 Å². The summed E-state index contributed by atoms with van der Waals surface area (Å²) in [5.41, 5.74) is 4.18. The molecule has 1 aromatic heterocycles. The molecule has 3 rings (SSSR count). The molecule has 1 aliphatic heterocycles. The largest absolute Gasteiger partial charge is 0.488 e. The minimum atomic E-state index is -0.0130. The summed E-state index contributed by atoms with van der Waals surface area (Å²) in [7, 11) is 0. The van der Waals surface area contributed by atoms with Gasteiger partial charge in [-0.15, -0.1) is 0 Å². The number of aryl methyl sites for hydroxylation is 1. The number of hydrogen-bond donors (Lipinski definition) is 1. The lowest BCUT2D eigenvalue weighted by molar-refractivity contribution is -0.122. The zero-order valence-corrected chi connectivity index (χ0v) is 13.2. The molecule has 22 heavy (non-hydrogen) atoms. The lowest BCUT2D eigenvalue weighted by atomic mass is 10.0. The standard InChI is InChI=1S/C17H21N3O2/c1-4-12(3)19-16(21)9-20-17-13(8-18-20)10-22-15-6-5-11(2)7-14(15)17/h5-8,12H,4,9-10H2,1-3H3,(H,19,21)/t12-/m0/s1. The Labute approximate surface area is 130 Å². The van der Waals surface area contributed by atoms with E-state index in [9.17, 15) is 4.79 Å². The maximum Gasteiger partial charge on any atom is 0.241 e. The summed E-state index contributed by atoms with van der Waals surface area (Å²) in [6.07, 6.45) is 2.70. The summed E-state index contributed by atoms with van der Waals surface area (Å²) < 4.78 is 7.52. The molecule has 2 aromatic rings. The van der Waals surface area contributed by atoms with Crippen LogP contribution in [-0.4, -0.2) is 21.7 Å². The van der Waals surface area contributed by atoms with Gasteiger partial charge >= 0.3 is 0 Å². The normalized spacial score (nSPS) is 13.8. The highest BCUT2D eigenvalue weighted by molar-refractivity contribution is 5.78. The second kappa shape index (κ2) is 5.83. The van der Waals surface area contributed by atoms with E-state index in [1.54, 1.807) is 10.9 Å². The van der Waals surface area contributed by atoms with Crippen molar-refractivity contribution in [2.75, 3.05) is 0 Å². The highest BCUT2D eigenvalue weighted by atomic mass is 16.5. The predicted molar refractivity (Wildman–Crippen MR) is 84.6 cm³/mol. The van der Waals surface area contributed by atoms with Gasteiger partial charge in [-0.1, -0.05) is 18.6 Å². The SMILES string of the molecule is CC[C@H](C)NC(=O)Cn1ncc2c1-c1cc(C)ccc1OC2.